The predicted molar refractivity (Wildman–Crippen MR) is 76.2 cm³/mol. The summed E-state index contributed by atoms with van der Waals surface area (Å²) in [6.45, 7) is 5.68. The summed E-state index contributed by atoms with van der Waals surface area (Å²) in [5.41, 5.74) is 4.43. The van der Waals surface area contributed by atoms with Crippen LogP contribution in [0.2, 0.25) is 0 Å². The van der Waals surface area contributed by atoms with Crippen LogP contribution in [0, 0.1) is 13.8 Å². The molecule has 5 nitrogen and oxygen atoms in total. The summed E-state index contributed by atoms with van der Waals surface area (Å²) in [5, 5.41) is 10.5. The topological polar surface area (TPSA) is 62.8 Å². The molecule has 0 saturated carbocycles. The van der Waals surface area contributed by atoms with Gasteiger partial charge in [0.05, 0.1) is 11.4 Å². The number of aryl methyl sites for hydroxylation is 2. The number of rotatable bonds is 4. The molecule has 1 fully saturated rings. The fourth-order valence-corrected chi connectivity index (χ4v) is 2.78. The molecule has 2 aromatic rings. The highest BCUT2D eigenvalue weighted by Crippen LogP contribution is 2.27. The third-order valence-corrected chi connectivity index (χ3v) is 3.62. The van der Waals surface area contributed by atoms with Crippen molar-refractivity contribution in [1.82, 2.24) is 20.5 Å². The number of hydrogen-bond acceptors (Lipinski definition) is 4. The zero-order valence-electron chi connectivity index (χ0n) is 11.9. The van der Waals surface area contributed by atoms with Crippen molar-refractivity contribution in [3.63, 3.8) is 0 Å². The van der Waals surface area contributed by atoms with E-state index in [1.54, 1.807) is 6.20 Å². The Labute approximate surface area is 118 Å². The SMILES string of the molecule is Cc1cc(C)nc(CN[C@@H]2CCO[C@H]2c2ccn[nH]2)c1. The molecule has 2 N–H and O–H groups in total. The second-order valence-electron chi connectivity index (χ2n) is 5.36. The zero-order valence-corrected chi connectivity index (χ0v) is 11.9. The van der Waals surface area contributed by atoms with E-state index in [0.29, 0.717) is 6.04 Å². The summed E-state index contributed by atoms with van der Waals surface area (Å²) < 4.78 is 5.79. The van der Waals surface area contributed by atoms with Crippen molar-refractivity contribution in [2.24, 2.45) is 0 Å². The van der Waals surface area contributed by atoms with Gasteiger partial charge in [-0.2, -0.15) is 5.10 Å². The highest BCUT2D eigenvalue weighted by molar-refractivity contribution is 5.19. The molecule has 0 spiro atoms. The largest absolute Gasteiger partial charge is 0.370 e. The molecular weight excluding hydrogens is 252 g/mol. The van der Waals surface area contributed by atoms with Crippen LogP contribution in [0.1, 0.15) is 35.2 Å². The van der Waals surface area contributed by atoms with Gasteiger partial charge < -0.3 is 10.1 Å². The number of nitrogens with zero attached hydrogens (tertiary/aromatic N) is 2. The van der Waals surface area contributed by atoms with E-state index in [-0.39, 0.29) is 6.10 Å². The number of aromatic amines is 1. The van der Waals surface area contributed by atoms with Crippen molar-refractivity contribution in [2.75, 3.05) is 6.61 Å². The lowest BCUT2D eigenvalue weighted by atomic mass is 10.1. The summed E-state index contributed by atoms with van der Waals surface area (Å²) in [7, 11) is 0. The van der Waals surface area contributed by atoms with Gasteiger partial charge in [-0.1, -0.05) is 0 Å². The molecule has 20 heavy (non-hydrogen) atoms. The third-order valence-electron chi connectivity index (χ3n) is 3.62. The molecular formula is C15H20N4O. The van der Waals surface area contributed by atoms with Crippen LogP contribution in [0.4, 0.5) is 0 Å². The molecule has 2 atom stereocenters. The van der Waals surface area contributed by atoms with Crippen LogP contribution in [0.25, 0.3) is 0 Å². The van der Waals surface area contributed by atoms with Crippen LogP contribution < -0.4 is 5.32 Å². The fraction of sp³-hybridized carbons (Fsp3) is 0.467. The van der Waals surface area contributed by atoms with Crippen LogP contribution in [-0.4, -0.2) is 27.8 Å². The van der Waals surface area contributed by atoms with Crippen molar-refractivity contribution in [3.05, 3.63) is 47.0 Å². The van der Waals surface area contributed by atoms with Crippen molar-refractivity contribution >= 4 is 0 Å². The molecule has 0 bridgehead atoms. The first kappa shape index (κ1) is 13.3. The first-order valence-corrected chi connectivity index (χ1v) is 7.01. The van der Waals surface area contributed by atoms with Crippen LogP contribution in [0.3, 0.4) is 0 Å². The van der Waals surface area contributed by atoms with Gasteiger partial charge in [0.1, 0.15) is 6.10 Å². The van der Waals surface area contributed by atoms with Gasteiger partial charge >= 0.3 is 0 Å². The lowest BCUT2D eigenvalue weighted by Crippen LogP contribution is -2.31. The van der Waals surface area contributed by atoms with E-state index in [1.807, 2.05) is 13.0 Å². The number of nitrogens with one attached hydrogen (secondary N) is 2. The smallest absolute Gasteiger partial charge is 0.114 e. The van der Waals surface area contributed by atoms with E-state index < -0.39 is 0 Å². The zero-order chi connectivity index (χ0) is 13.9. The summed E-state index contributed by atoms with van der Waals surface area (Å²) in [6, 6.07) is 6.49. The van der Waals surface area contributed by atoms with Gasteiger partial charge in [-0.05, 0) is 44.0 Å². The quantitative estimate of drug-likeness (QED) is 0.894. The first-order chi connectivity index (χ1) is 9.72. The lowest BCUT2D eigenvalue weighted by molar-refractivity contribution is 0.0950. The van der Waals surface area contributed by atoms with Crippen molar-refractivity contribution in [1.29, 1.82) is 0 Å². The van der Waals surface area contributed by atoms with Crippen molar-refractivity contribution in [2.45, 2.75) is 39.0 Å². The second kappa shape index (κ2) is 5.73. The molecule has 0 radical (unpaired) electrons. The number of ether oxygens (including phenoxy) is 1. The van der Waals surface area contributed by atoms with E-state index >= 15 is 0 Å². The lowest BCUT2D eigenvalue weighted by Gasteiger charge is -2.18. The van der Waals surface area contributed by atoms with E-state index in [0.717, 1.165) is 36.7 Å². The minimum Gasteiger partial charge on any atom is -0.370 e. The third kappa shape index (κ3) is 2.89. The Kier molecular flexibility index (Phi) is 3.80. The Bertz CT molecular complexity index is 547. The van der Waals surface area contributed by atoms with Gasteiger partial charge in [0, 0.05) is 31.1 Å². The highest BCUT2D eigenvalue weighted by Gasteiger charge is 2.30. The van der Waals surface area contributed by atoms with Gasteiger partial charge in [-0.3, -0.25) is 10.1 Å². The summed E-state index contributed by atoms with van der Waals surface area (Å²) >= 11 is 0. The van der Waals surface area contributed by atoms with E-state index in [1.165, 1.54) is 5.56 Å². The molecule has 1 aliphatic rings. The predicted octanol–water partition coefficient (Wildman–Crippen LogP) is 2.04. The number of pyridine rings is 1. The van der Waals surface area contributed by atoms with E-state index in [2.05, 4.69) is 39.6 Å². The summed E-state index contributed by atoms with van der Waals surface area (Å²) in [5.74, 6) is 0. The van der Waals surface area contributed by atoms with Crippen molar-refractivity contribution < 1.29 is 4.74 Å². The molecule has 0 aliphatic carbocycles. The molecule has 3 heterocycles. The average Bonchev–Trinajstić information content (AvgIpc) is 3.06. The standard InChI is InChI=1S/C15H20N4O/c1-10-7-11(2)18-12(8-10)9-16-13-4-6-20-15(13)14-3-5-17-19-14/h3,5,7-8,13,15-16H,4,6,9H2,1-2H3,(H,17,19)/t13-,15-/m1/s1. The van der Waals surface area contributed by atoms with E-state index in [9.17, 15) is 0 Å². The van der Waals surface area contributed by atoms with E-state index in [4.69, 9.17) is 4.74 Å². The van der Waals surface area contributed by atoms with Crippen LogP contribution >= 0.6 is 0 Å². The normalized spacial score (nSPS) is 22.3. The molecule has 2 aromatic heterocycles. The molecule has 5 heteroatoms. The first-order valence-electron chi connectivity index (χ1n) is 7.01. The Morgan fingerprint density at radius 2 is 2.30 bits per heavy atom. The number of hydrogen-bond donors (Lipinski definition) is 2. The van der Waals surface area contributed by atoms with Gasteiger partial charge in [0.15, 0.2) is 0 Å². The van der Waals surface area contributed by atoms with Gasteiger partial charge in [-0.15, -0.1) is 0 Å². The Hall–Kier alpha value is -1.72. The Morgan fingerprint density at radius 1 is 1.40 bits per heavy atom. The molecule has 3 rings (SSSR count). The maximum Gasteiger partial charge on any atom is 0.114 e. The number of aromatic nitrogens is 3. The molecule has 0 amide bonds. The molecule has 106 valence electrons. The van der Waals surface area contributed by atoms with Crippen LogP contribution in [0.5, 0.6) is 0 Å². The Morgan fingerprint density at radius 3 is 3.05 bits per heavy atom. The summed E-state index contributed by atoms with van der Waals surface area (Å²) in [4.78, 5) is 4.56. The monoisotopic (exact) mass is 272 g/mol. The molecule has 0 unspecified atom stereocenters. The van der Waals surface area contributed by atoms with Gasteiger partial charge in [0.25, 0.3) is 0 Å². The van der Waals surface area contributed by atoms with Gasteiger partial charge in [0.2, 0.25) is 0 Å². The van der Waals surface area contributed by atoms with Crippen LogP contribution in [0.15, 0.2) is 24.4 Å². The Balaban J connectivity index is 1.65. The molecule has 0 aromatic carbocycles. The maximum atomic E-state index is 5.79. The minimum absolute atomic E-state index is 0.0587. The maximum absolute atomic E-state index is 5.79. The van der Waals surface area contributed by atoms with Crippen LogP contribution in [-0.2, 0) is 11.3 Å². The fourth-order valence-electron chi connectivity index (χ4n) is 2.78. The van der Waals surface area contributed by atoms with Crippen molar-refractivity contribution in [3.8, 4) is 0 Å². The molecule has 1 saturated heterocycles. The minimum atomic E-state index is 0.0587. The van der Waals surface area contributed by atoms with Gasteiger partial charge in [-0.25, -0.2) is 0 Å². The summed E-state index contributed by atoms with van der Waals surface area (Å²) in [6.07, 6.45) is 2.83. The second-order valence-corrected chi connectivity index (χ2v) is 5.36. The molecule has 1 aliphatic heterocycles. The average molecular weight is 272 g/mol. The highest BCUT2D eigenvalue weighted by atomic mass is 16.5. The number of H-pyrrole nitrogens is 1.